The van der Waals surface area contributed by atoms with Crippen molar-refractivity contribution < 1.29 is 14.7 Å². The van der Waals surface area contributed by atoms with Crippen molar-refractivity contribution >= 4 is 17.6 Å². The molecule has 0 saturated carbocycles. The number of aromatic carboxylic acids is 1. The lowest BCUT2D eigenvalue weighted by Gasteiger charge is -2.08. The number of benzene rings is 1. The molecule has 0 saturated heterocycles. The molecular weight excluding hydrogens is 258 g/mol. The molecule has 0 radical (unpaired) electrons. The first-order valence-electron chi connectivity index (χ1n) is 6.16. The number of anilines is 1. The average molecular weight is 273 g/mol. The van der Waals surface area contributed by atoms with Crippen LogP contribution in [0.15, 0.2) is 36.9 Å². The van der Waals surface area contributed by atoms with Gasteiger partial charge in [-0.25, -0.2) is 9.78 Å². The van der Waals surface area contributed by atoms with Crippen molar-refractivity contribution in [2.45, 2.75) is 19.9 Å². The zero-order chi connectivity index (χ0) is 14.5. The molecule has 1 aromatic carbocycles. The highest BCUT2D eigenvalue weighted by atomic mass is 16.4. The molecule has 104 valence electrons. The molecule has 2 aromatic rings. The maximum absolute atomic E-state index is 11.8. The maximum atomic E-state index is 11.8. The summed E-state index contributed by atoms with van der Waals surface area (Å²) in [6.07, 6.45) is 5.37. The van der Waals surface area contributed by atoms with E-state index in [1.165, 1.54) is 6.07 Å². The van der Waals surface area contributed by atoms with E-state index in [9.17, 15) is 9.59 Å². The third kappa shape index (κ3) is 3.44. The molecule has 0 atom stereocenters. The van der Waals surface area contributed by atoms with Crippen LogP contribution in [0.3, 0.4) is 0 Å². The van der Waals surface area contributed by atoms with Gasteiger partial charge < -0.3 is 15.0 Å². The minimum atomic E-state index is -1.00. The van der Waals surface area contributed by atoms with Gasteiger partial charge in [0, 0.05) is 31.0 Å². The van der Waals surface area contributed by atoms with Crippen molar-refractivity contribution in [2.24, 2.45) is 0 Å². The van der Waals surface area contributed by atoms with E-state index < -0.39 is 5.97 Å². The first-order chi connectivity index (χ1) is 9.56. The number of imidazole rings is 1. The zero-order valence-electron chi connectivity index (χ0n) is 11.0. The second-order valence-electron chi connectivity index (χ2n) is 4.43. The van der Waals surface area contributed by atoms with Gasteiger partial charge in [0.1, 0.15) is 0 Å². The lowest BCUT2D eigenvalue weighted by Crippen LogP contribution is -2.14. The molecule has 2 N–H and O–H groups in total. The third-order valence-corrected chi connectivity index (χ3v) is 2.91. The monoisotopic (exact) mass is 273 g/mol. The van der Waals surface area contributed by atoms with Crippen LogP contribution in [-0.4, -0.2) is 26.5 Å². The van der Waals surface area contributed by atoms with E-state index in [0.29, 0.717) is 24.2 Å². The number of carbonyl (C=O) groups excluding carboxylic acids is 1. The van der Waals surface area contributed by atoms with Gasteiger partial charge in [0.25, 0.3) is 0 Å². The number of aryl methyl sites for hydroxylation is 2. The number of carboxylic acids is 1. The van der Waals surface area contributed by atoms with Crippen LogP contribution in [0.2, 0.25) is 0 Å². The first-order valence-corrected chi connectivity index (χ1v) is 6.16. The Balaban J connectivity index is 1.97. The summed E-state index contributed by atoms with van der Waals surface area (Å²) in [5.74, 6) is -1.17. The van der Waals surface area contributed by atoms with Crippen molar-refractivity contribution in [2.75, 3.05) is 5.32 Å². The van der Waals surface area contributed by atoms with E-state index in [-0.39, 0.29) is 11.5 Å². The standard InChI is InChI=1S/C14H15N3O3/c1-10-2-3-11(8-12(10)14(19)20)16-13(18)4-6-17-7-5-15-9-17/h2-3,5,7-9H,4,6H2,1H3,(H,16,18)(H,19,20). The molecule has 20 heavy (non-hydrogen) atoms. The molecule has 0 aliphatic carbocycles. The third-order valence-electron chi connectivity index (χ3n) is 2.91. The number of carbonyl (C=O) groups is 2. The molecule has 1 heterocycles. The Morgan fingerprint density at radius 1 is 1.40 bits per heavy atom. The van der Waals surface area contributed by atoms with Crippen molar-refractivity contribution in [1.29, 1.82) is 0 Å². The van der Waals surface area contributed by atoms with Gasteiger partial charge in [-0.1, -0.05) is 6.07 Å². The van der Waals surface area contributed by atoms with Crippen molar-refractivity contribution in [3.8, 4) is 0 Å². The molecule has 1 aromatic heterocycles. The smallest absolute Gasteiger partial charge is 0.336 e. The van der Waals surface area contributed by atoms with Gasteiger partial charge in [-0.15, -0.1) is 0 Å². The lowest BCUT2D eigenvalue weighted by molar-refractivity contribution is -0.116. The number of amides is 1. The van der Waals surface area contributed by atoms with E-state index in [2.05, 4.69) is 10.3 Å². The summed E-state index contributed by atoms with van der Waals surface area (Å²) < 4.78 is 1.80. The van der Waals surface area contributed by atoms with E-state index in [1.54, 1.807) is 42.3 Å². The Hall–Kier alpha value is -2.63. The fourth-order valence-electron chi connectivity index (χ4n) is 1.80. The van der Waals surface area contributed by atoms with E-state index >= 15 is 0 Å². The summed E-state index contributed by atoms with van der Waals surface area (Å²) in [5, 5.41) is 11.7. The lowest BCUT2D eigenvalue weighted by atomic mass is 10.1. The summed E-state index contributed by atoms with van der Waals surface area (Å²) in [6, 6.07) is 4.83. The number of nitrogens with one attached hydrogen (secondary N) is 1. The van der Waals surface area contributed by atoms with Gasteiger partial charge >= 0.3 is 5.97 Å². The van der Waals surface area contributed by atoms with Gasteiger partial charge in [-0.3, -0.25) is 4.79 Å². The van der Waals surface area contributed by atoms with Crippen LogP contribution >= 0.6 is 0 Å². The van der Waals surface area contributed by atoms with Crippen LogP contribution in [0.25, 0.3) is 0 Å². The summed E-state index contributed by atoms with van der Waals surface area (Å²) in [4.78, 5) is 26.7. The summed E-state index contributed by atoms with van der Waals surface area (Å²) in [7, 11) is 0. The van der Waals surface area contributed by atoms with Crippen LogP contribution in [0.1, 0.15) is 22.3 Å². The highest BCUT2D eigenvalue weighted by Crippen LogP contribution is 2.15. The molecule has 0 bridgehead atoms. The Morgan fingerprint density at radius 2 is 2.20 bits per heavy atom. The molecule has 0 unspecified atom stereocenters. The van der Waals surface area contributed by atoms with Gasteiger partial charge in [-0.05, 0) is 24.6 Å². The van der Waals surface area contributed by atoms with Crippen LogP contribution in [0, 0.1) is 6.92 Å². The second kappa shape index (κ2) is 6.01. The first kappa shape index (κ1) is 13.8. The molecule has 0 spiro atoms. The molecule has 6 heteroatoms. The number of rotatable bonds is 5. The van der Waals surface area contributed by atoms with Crippen molar-refractivity contribution in [1.82, 2.24) is 9.55 Å². The normalized spacial score (nSPS) is 10.2. The fourth-order valence-corrected chi connectivity index (χ4v) is 1.80. The van der Waals surface area contributed by atoms with Crippen LogP contribution in [-0.2, 0) is 11.3 Å². The summed E-state index contributed by atoms with van der Waals surface area (Å²) in [5.41, 5.74) is 1.34. The van der Waals surface area contributed by atoms with Gasteiger partial charge in [0.2, 0.25) is 5.91 Å². The summed E-state index contributed by atoms with van der Waals surface area (Å²) >= 11 is 0. The molecule has 1 amide bonds. The quantitative estimate of drug-likeness (QED) is 0.871. The number of hydrogen-bond donors (Lipinski definition) is 2. The Kier molecular flexibility index (Phi) is 4.14. The highest BCUT2D eigenvalue weighted by molar-refractivity contribution is 5.94. The van der Waals surface area contributed by atoms with Gasteiger partial charge in [0.15, 0.2) is 0 Å². The van der Waals surface area contributed by atoms with Crippen LogP contribution < -0.4 is 5.32 Å². The Labute approximate surface area is 116 Å². The van der Waals surface area contributed by atoms with Gasteiger partial charge in [0.05, 0.1) is 11.9 Å². The number of hydrogen-bond acceptors (Lipinski definition) is 3. The van der Waals surface area contributed by atoms with E-state index in [1.807, 2.05) is 0 Å². The molecule has 6 nitrogen and oxygen atoms in total. The minimum absolute atomic E-state index is 0.168. The molecule has 0 fully saturated rings. The highest BCUT2D eigenvalue weighted by Gasteiger charge is 2.09. The van der Waals surface area contributed by atoms with Crippen molar-refractivity contribution in [3.05, 3.63) is 48.0 Å². The van der Waals surface area contributed by atoms with E-state index in [0.717, 1.165) is 0 Å². The second-order valence-corrected chi connectivity index (χ2v) is 4.43. The molecular formula is C14H15N3O3. The Bertz CT molecular complexity index is 621. The minimum Gasteiger partial charge on any atom is -0.478 e. The summed E-state index contributed by atoms with van der Waals surface area (Å²) in [6.45, 7) is 2.25. The Morgan fingerprint density at radius 3 is 2.85 bits per heavy atom. The predicted molar refractivity (Wildman–Crippen MR) is 73.6 cm³/mol. The molecule has 0 aliphatic rings. The number of nitrogens with zero attached hydrogens (tertiary/aromatic N) is 2. The number of aromatic nitrogens is 2. The SMILES string of the molecule is Cc1ccc(NC(=O)CCn2ccnc2)cc1C(=O)O. The topological polar surface area (TPSA) is 84.2 Å². The van der Waals surface area contributed by atoms with Crippen LogP contribution in [0.5, 0.6) is 0 Å². The average Bonchev–Trinajstić information content (AvgIpc) is 2.91. The maximum Gasteiger partial charge on any atom is 0.336 e. The van der Waals surface area contributed by atoms with Gasteiger partial charge in [-0.2, -0.15) is 0 Å². The molecule has 0 aliphatic heterocycles. The zero-order valence-corrected chi connectivity index (χ0v) is 11.0. The number of carboxylic acid groups (broad SMARTS) is 1. The largest absolute Gasteiger partial charge is 0.478 e. The van der Waals surface area contributed by atoms with E-state index in [4.69, 9.17) is 5.11 Å². The molecule has 2 rings (SSSR count). The van der Waals surface area contributed by atoms with Crippen molar-refractivity contribution in [3.63, 3.8) is 0 Å². The fraction of sp³-hybridized carbons (Fsp3) is 0.214. The van der Waals surface area contributed by atoms with Crippen LogP contribution in [0.4, 0.5) is 5.69 Å². The predicted octanol–water partition coefficient (Wildman–Crippen LogP) is 1.92.